The molecule has 4 nitrogen and oxygen atoms in total. The summed E-state index contributed by atoms with van der Waals surface area (Å²) in [5.41, 5.74) is 0.454. The van der Waals surface area contributed by atoms with Crippen molar-refractivity contribution < 1.29 is 4.79 Å². The first-order valence-electron chi connectivity index (χ1n) is 5.74. The highest BCUT2D eigenvalue weighted by Crippen LogP contribution is 2.13. The minimum absolute atomic E-state index is 0. The molecule has 2 unspecified atom stereocenters. The largest absolute Gasteiger partial charge is 0.332 e. The lowest BCUT2D eigenvalue weighted by Gasteiger charge is -2.37. The summed E-state index contributed by atoms with van der Waals surface area (Å²) in [6.07, 6.45) is 1.51. The van der Waals surface area contributed by atoms with E-state index in [4.69, 9.17) is 11.6 Å². The van der Waals surface area contributed by atoms with Crippen LogP contribution in [-0.2, 0) is 0 Å². The molecule has 0 aliphatic carbocycles. The average Bonchev–Trinajstić information content (AvgIpc) is 2.32. The van der Waals surface area contributed by atoms with E-state index >= 15 is 0 Å². The van der Waals surface area contributed by atoms with E-state index in [9.17, 15) is 4.79 Å². The highest BCUT2D eigenvalue weighted by molar-refractivity contribution is 6.30. The smallest absolute Gasteiger partial charge is 0.272 e. The summed E-state index contributed by atoms with van der Waals surface area (Å²) in [5, 5.41) is 3.89. The third kappa shape index (κ3) is 4.49. The molecule has 1 aliphatic rings. The average molecular weight is 327 g/mol. The molecule has 7 heteroatoms. The van der Waals surface area contributed by atoms with Gasteiger partial charge in [-0.1, -0.05) is 11.6 Å². The number of nitrogens with zero attached hydrogens (tertiary/aromatic N) is 2. The lowest BCUT2D eigenvalue weighted by atomic mass is 10.1. The maximum atomic E-state index is 12.3. The Labute approximate surface area is 130 Å². The van der Waals surface area contributed by atoms with E-state index < -0.39 is 0 Å². The molecule has 0 bridgehead atoms. The van der Waals surface area contributed by atoms with Crippen LogP contribution in [0.4, 0.5) is 0 Å². The van der Waals surface area contributed by atoms with Crippen LogP contribution in [-0.4, -0.2) is 41.0 Å². The molecule has 19 heavy (non-hydrogen) atoms. The van der Waals surface area contributed by atoms with Crippen LogP contribution in [0, 0.1) is 0 Å². The topological polar surface area (TPSA) is 45.2 Å². The van der Waals surface area contributed by atoms with Crippen LogP contribution in [0.5, 0.6) is 0 Å². The normalized spacial score (nSPS) is 22.2. The van der Waals surface area contributed by atoms with Crippen molar-refractivity contribution in [2.45, 2.75) is 25.9 Å². The molecule has 1 aromatic rings. The van der Waals surface area contributed by atoms with Gasteiger partial charge >= 0.3 is 0 Å². The van der Waals surface area contributed by atoms with Crippen LogP contribution >= 0.6 is 36.4 Å². The summed E-state index contributed by atoms with van der Waals surface area (Å²) in [6.45, 7) is 5.64. The molecule has 1 aliphatic heterocycles. The zero-order valence-corrected chi connectivity index (χ0v) is 13.2. The van der Waals surface area contributed by atoms with Crippen molar-refractivity contribution >= 4 is 42.3 Å². The third-order valence-corrected chi connectivity index (χ3v) is 3.20. The van der Waals surface area contributed by atoms with Gasteiger partial charge in [0.05, 0.1) is 5.02 Å². The van der Waals surface area contributed by atoms with Crippen LogP contribution in [0.1, 0.15) is 24.3 Å². The zero-order valence-electron chi connectivity index (χ0n) is 10.8. The van der Waals surface area contributed by atoms with E-state index in [1.807, 2.05) is 11.8 Å². The number of nitrogens with one attached hydrogen (secondary N) is 1. The molecule has 1 N–H and O–H groups in total. The summed E-state index contributed by atoms with van der Waals surface area (Å²) in [7, 11) is 0. The fourth-order valence-electron chi connectivity index (χ4n) is 1.95. The van der Waals surface area contributed by atoms with Crippen molar-refractivity contribution in [3.63, 3.8) is 0 Å². The number of rotatable bonds is 1. The Morgan fingerprint density at radius 2 is 2.11 bits per heavy atom. The van der Waals surface area contributed by atoms with Gasteiger partial charge in [0, 0.05) is 31.4 Å². The maximum Gasteiger partial charge on any atom is 0.272 e. The summed E-state index contributed by atoms with van der Waals surface area (Å²) in [4.78, 5) is 18.2. The summed E-state index contributed by atoms with van der Waals surface area (Å²) in [6, 6.07) is 3.88. The number of carbonyl (C=O) groups is 1. The second kappa shape index (κ2) is 7.90. The number of pyridine rings is 1. The maximum absolute atomic E-state index is 12.3. The first kappa shape index (κ1) is 18.4. The van der Waals surface area contributed by atoms with E-state index in [2.05, 4.69) is 17.2 Å². The standard InChI is InChI=1S/C12H16ClN3O.2ClH/c1-8-7-16(9(2)5-14-8)12(17)11-4-3-10(13)6-15-11;;/h3-4,6,8-9,14H,5,7H2,1-2H3;2*1H. The molecule has 2 heterocycles. The van der Waals surface area contributed by atoms with Crippen molar-refractivity contribution in [2.24, 2.45) is 0 Å². The lowest BCUT2D eigenvalue weighted by Crippen LogP contribution is -2.56. The molecule has 1 aromatic heterocycles. The summed E-state index contributed by atoms with van der Waals surface area (Å²) < 4.78 is 0. The third-order valence-electron chi connectivity index (χ3n) is 2.97. The Hall–Kier alpha value is -0.550. The molecule has 1 fully saturated rings. The van der Waals surface area contributed by atoms with E-state index in [1.54, 1.807) is 12.1 Å². The first-order chi connectivity index (χ1) is 8.08. The molecule has 1 amide bonds. The highest BCUT2D eigenvalue weighted by atomic mass is 35.5. The van der Waals surface area contributed by atoms with Crippen LogP contribution in [0.15, 0.2) is 18.3 Å². The van der Waals surface area contributed by atoms with Gasteiger partial charge in [-0.3, -0.25) is 4.79 Å². The molecule has 2 rings (SSSR count). The molecule has 0 spiro atoms. The van der Waals surface area contributed by atoms with Crippen LogP contribution in [0.3, 0.4) is 0 Å². The Kier molecular flexibility index (Phi) is 7.67. The fraction of sp³-hybridized carbons (Fsp3) is 0.500. The van der Waals surface area contributed by atoms with Crippen LogP contribution in [0.2, 0.25) is 5.02 Å². The van der Waals surface area contributed by atoms with Crippen molar-refractivity contribution in [1.29, 1.82) is 0 Å². The molecule has 0 aromatic carbocycles. The number of hydrogen-bond donors (Lipinski definition) is 1. The number of carbonyl (C=O) groups excluding carboxylic acids is 1. The first-order valence-corrected chi connectivity index (χ1v) is 6.11. The van der Waals surface area contributed by atoms with Crippen LogP contribution in [0.25, 0.3) is 0 Å². The van der Waals surface area contributed by atoms with E-state index in [1.165, 1.54) is 6.20 Å². The van der Waals surface area contributed by atoms with Crippen molar-refractivity contribution in [3.05, 3.63) is 29.0 Å². The number of halogens is 3. The van der Waals surface area contributed by atoms with Gasteiger partial charge in [-0.05, 0) is 26.0 Å². The predicted molar refractivity (Wildman–Crippen MR) is 81.7 cm³/mol. The van der Waals surface area contributed by atoms with E-state index in [-0.39, 0.29) is 36.8 Å². The van der Waals surface area contributed by atoms with Gasteiger partial charge < -0.3 is 10.2 Å². The molecule has 108 valence electrons. The molecular weight excluding hydrogens is 309 g/mol. The Morgan fingerprint density at radius 3 is 2.68 bits per heavy atom. The van der Waals surface area contributed by atoms with Crippen molar-refractivity contribution in [2.75, 3.05) is 13.1 Å². The second-order valence-electron chi connectivity index (χ2n) is 4.48. The lowest BCUT2D eigenvalue weighted by molar-refractivity contribution is 0.0610. The van der Waals surface area contributed by atoms with E-state index in [0.717, 1.165) is 6.54 Å². The van der Waals surface area contributed by atoms with Gasteiger partial charge in [-0.15, -0.1) is 24.8 Å². The van der Waals surface area contributed by atoms with Crippen molar-refractivity contribution in [3.8, 4) is 0 Å². The Morgan fingerprint density at radius 1 is 1.42 bits per heavy atom. The SMILES string of the molecule is CC1CN(C(=O)c2ccc(Cl)cn2)C(C)CN1.Cl.Cl. The molecule has 0 radical (unpaired) electrons. The van der Waals surface area contributed by atoms with Crippen molar-refractivity contribution in [1.82, 2.24) is 15.2 Å². The van der Waals surface area contributed by atoms with E-state index in [0.29, 0.717) is 23.3 Å². The van der Waals surface area contributed by atoms with Gasteiger partial charge in [0.1, 0.15) is 5.69 Å². The fourth-order valence-corrected chi connectivity index (χ4v) is 2.07. The highest BCUT2D eigenvalue weighted by Gasteiger charge is 2.27. The minimum Gasteiger partial charge on any atom is -0.332 e. The summed E-state index contributed by atoms with van der Waals surface area (Å²) in [5.74, 6) is -0.0254. The van der Waals surface area contributed by atoms with Crippen LogP contribution < -0.4 is 5.32 Å². The quantitative estimate of drug-likeness (QED) is 0.862. The van der Waals surface area contributed by atoms with Gasteiger partial charge in [-0.2, -0.15) is 0 Å². The Bertz CT molecular complexity index is 413. The van der Waals surface area contributed by atoms with Gasteiger partial charge in [0.25, 0.3) is 5.91 Å². The van der Waals surface area contributed by atoms with Gasteiger partial charge in [0.2, 0.25) is 0 Å². The molecule has 0 saturated carbocycles. The molecular formula is C12H18Cl3N3O. The monoisotopic (exact) mass is 325 g/mol. The predicted octanol–water partition coefficient (Wildman–Crippen LogP) is 2.40. The molecule has 1 saturated heterocycles. The zero-order chi connectivity index (χ0) is 12.4. The minimum atomic E-state index is -0.0254. The molecule has 2 atom stereocenters. The number of hydrogen-bond acceptors (Lipinski definition) is 3. The number of piperazine rings is 1. The van der Waals surface area contributed by atoms with Gasteiger partial charge in [-0.25, -0.2) is 4.98 Å². The number of amides is 1. The number of aromatic nitrogens is 1. The summed E-state index contributed by atoms with van der Waals surface area (Å²) >= 11 is 5.76. The van der Waals surface area contributed by atoms with Gasteiger partial charge in [0.15, 0.2) is 0 Å². The Balaban J connectivity index is 0.00000162. The second-order valence-corrected chi connectivity index (χ2v) is 4.91.